The van der Waals surface area contributed by atoms with Gasteiger partial charge >= 0.3 is 0 Å². The van der Waals surface area contributed by atoms with Crippen LogP contribution in [0.5, 0.6) is 5.75 Å². The predicted octanol–water partition coefficient (Wildman–Crippen LogP) is 3.31. The Morgan fingerprint density at radius 2 is 2.06 bits per heavy atom. The van der Waals surface area contributed by atoms with Crippen LogP contribution >= 0.6 is 31.9 Å². The molecule has 0 unspecified atom stereocenters. The van der Waals surface area contributed by atoms with Gasteiger partial charge in [0.1, 0.15) is 0 Å². The minimum atomic E-state index is 0.0225. The molecule has 2 aromatic rings. The number of rotatable bonds is 0. The van der Waals surface area contributed by atoms with Crippen molar-refractivity contribution < 1.29 is 4.74 Å². The summed E-state index contributed by atoms with van der Waals surface area (Å²) in [5.74, 6) is 0.762. The van der Waals surface area contributed by atoms with Gasteiger partial charge in [-0.1, -0.05) is 15.9 Å². The number of aromatic nitrogens is 1. The van der Waals surface area contributed by atoms with E-state index in [0.29, 0.717) is 13.2 Å². The summed E-state index contributed by atoms with van der Waals surface area (Å²) >= 11 is 7.00. The molecule has 1 aromatic heterocycles. The van der Waals surface area contributed by atoms with Crippen LogP contribution in [0.1, 0.15) is 6.42 Å². The van der Waals surface area contributed by atoms with Crippen LogP contribution in [-0.2, 0) is 6.54 Å². The third-order valence-corrected chi connectivity index (χ3v) is 4.14. The Balaban J connectivity index is 2.55. The predicted molar refractivity (Wildman–Crippen MR) is 73.7 cm³/mol. The van der Waals surface area contributed by atoms with Crippen LogP contribution in [0.4, 0.5) is 0 Å². The minimum absolute atomic E-state index is 0.0225. The number of halogens is 2. The Kier molecular flexibility index (Phi) is 2.75. The molecule has 1 aliphatic heterocycles. The molecule has 0 aliphatic carbocycles. The molecule has 0 bridgehead atoms. The fourth-order valence-corrected chi connectivity index (χ4v) is 3.53. The molecule has 3 nitrogen and oxygen atoms in total. The van der Waals surface area contributed by atoms with Crippen LogP contribution < -0.4 is 10.3 Å². The molecule has 0 spiro atoms. The second kappa shape index (κ2) is 4.14. The van der Waals surface area contributed by atoms with Crippen molar-refractivity contribution in [3.05, 3.63) is 37.5 Å². The lowest BCUT2D eigenvalue weighted by atomic mass is 10.2. The van der Waals surface area contributed by atoms with E-state index in [9.17, 15) is 4.79 Å². The van der Waals surface area contributed by atoms with Gasteiger partial charge in [0.05, 0.1) is 16.6 Å². The van der Waals surface area contributed by atoms with Gasteiger partial charge in [-0.2, -0.15) is 0 Å². The van der Waals surface area contributed by atoms with Crippen molar-refractivity contribution in [1.82, 2.24) is 4.57 Å². The van der Waals surface area contributed by atoms with E-state index in [0.717, 1.165) is 32.0 Å². The van der Waals surface area contributed by atoms with Gasteiger partial charge in [-0.25, -0.2) is 0 Å². The Bertz CT molecular complexity index is 664. The van der Waals surface area contributed by atoms with Crippen molar-refractivity contribution in [3.63, 3.8) is 0 Å². The highest BCUT2D eigenvalue weighted by Gasteiger charge is 2.17. The van der Waals surface area contributed by atoms with Crippen LogP contribution in [0.2, 0.25) is 0 Å². The zero-order valence-corrected chi connectivity index (χ0v) is 12.0. The van der Waals surface area contributed by atoms with Crippen molar-refractivity contribution in [3.8, 4) is 5.75 Å². The summed E-state index contributed by atoms with van der Waals surface area (Å²) in [6.45, 7) is 1.34. The van der Waals surface area contributed by atoms with Gasteiger partial charge in [0, 0.05) is 22.5 Å². The summed E-state index contributed by atoms with van der Waals surface area (Å²) in [7, 11) is 0. The van der Waals surface area contributed by atoms with Gasteiger partial charge < -0.3 is 9.30 Å². The maximum Gasteiger partial charge on any atom is 0.251 e. The molecule has 2 heterocycles. The zero-order valence-electron chi connectivity index (χ0n) is 8.87. The second-order valence-corrected chi connectivity index (χ2v) is 5.67. The number of nitrogens with zero attached hydrogens (tertiary/aromatic N) is 1. The lowest BCUT2D eigenvalue weighted by Gasteiger charge is -2.12. The zero-order chi connectivity index (χ0) is 12.0. The number of pyridine rings is 1. The van der Waals surface area contributed by atoms with Crippen LogP contribution in [0, 0.1) is 0 Å². The Hall–Kier alpha value is -0.810. The minimum Gasteiger partial charge on any atom is -0.490 e. The number of hydrogen-bond donors (Lipinski definition) is 0. The number of aryl methyl sites for hydroxylation is 1. The molecular formula is C12H9Br2NO2. The third-order valence-electron chi connectivity index (χ3n) is 2.90. The number of hydrogen-bond acceptors (Lipinski definition) is 2. The van der Waals surface area contributed by atoms with Gasteiger partial charge in [-0.05, 0) is 34.5 Å². The van der Waals surface area contributed by atoms with E-state index in [-0.39, 0.29) is 5.56 Å². The molecule has 88 valence electrons. The standard InChI is InChI=1S/C12H9Br2NO2/c13-8-6-9(14)12-11-7(8)2-3-10(16)15(11)4-1-5-17-12/h2-3,6H,1,4-5H2. The average molecular weight is 359 g/mol. The van der Waals surface area contributed by atoms with Crippen LogP contribution in [0.15, 0.2) is 31.9 Å². The highest BCUT2D eigenvalue weighted by atomic mass is 79.9. The van der Waals surface area contributed by atoms with Gasteiger partial charge in [-0.3, -0.25) is 4.79 Å². The molecular weight excluding hydrogens is 350 g/mol. The van der Waals surface area contributed by atoms with Crippen molar-refractivity contribution in [2.75, 3.05) is 6.61 Å². The summed E-state index contributed by atoms with van der Waals surface area (Å²) in [6.07, 6.45) is 0.845. The summed E-state index contributed by atoms with van der Waals surface area (Å²) in [5.41, 5.74) is 0.894. The van der Waals surface area contributed by atoms with E-state index < -0.39 is 0 Å². The first-order valence-electron chi connectivity index (χ1n) is 5.33. The highest BCUT2D eigenvalue weighted by molar-refractivity contribution is 9.11. The number of ether oxygens (including phenoxy) is 1. The smallest absolute Gasteiger partial charge is 0.251 e. The van der Waals surface area contributed by atoms with Crippen molar-refractivity contribution in [2.45, 2.75) is 13.0 Å². The largest absolute Gasteiger partial charge is 0.490 e. The van der Waals surface area contributed by atoms with Crippen LogP contribution in [0.25, 0.3) is 10.9 Å². The van der Waals surface area contributed by atoms with Crippen LogP contribution in [0.3, 0.4) is 0 Å². The summed E-state index contributed by atoms with van der Waals surface area (Å²) in [5, 5.41) is 1.00. The van der Waals surface area contributed by atoms with Gasteiger partial charge in [0.15, 0.2) is 5.75 Å². The second-order valence-electron chi connectivity index (χ2n) is 3.96. The highest BCUT2D eigenvalue weighted by Crippen LogP contribution is 2.38. The van der Waals surface area contributed by atoms with E-state index in [1.165, 1.54) is 0 Å². The molecule has 0 fully saturated rings. The Morgan fingerprint density at radius 3 is 2.88 bits per heavy atom. The topological polar surface area (TPSA) is 31.2 Å². The maximum absolute atomic E-state index is 11.9. The van der Waals surface area contributed by atoms with E-state index >= 15 is 0 Å². The Labute approximate surface area is 115 Å². The van der Waals surface area contributed by atoms with Crippen molar-refractivity contribution in [2.24, 2.45) is 0 Å². The lowest BCUT2D eigenvalue weighted by molar-refractivity contribution is 0.314. The fraction of sp³-hybridized carbons (Fsp3) is 0.250. The van der Waals surface area contributed by atoms with Crippen molar-refractivity contribution >= 4 is 42.8 Å². The summed E-state index contributed by atoms with van der Waals surface area (Å²) in [4.78, 5) is 11.9. The third kappa shape index (κ3) is 1.72. The first kappa shape index (κ1) is 11.3. The SMILES string of the molecule is O=c1ccc2c(Br)cc(Br)c3c2n1CCCO3. The fourth-order valence-electron chi connectivity index (χ4n) is 2.14. The molecule has 0 saturated carbocycles. The van der Waals surface area contributed by atoms with Gasteiger partial charge in [0.2, 0.25) is 0 Å². The average Bonchev–Trinajstić information content (AvgIpc) is 2.51. The van der Waals surface area contributed by atoms with E-state index in [4.69, 9.17) is 4.74 Å². The van der Waals surface area contributed by atoms with Gasteiger partial charge in [-0.15, -0.1) is 0 Å². The number of benzene rings is 1. The lowest BCUT2D eigenvalue weighted by Crippen LogP contribution is -2.18. The van der Waals surface area contributed by atoms with Crippen molar-refractivity contribution in [1.29, 1.82) is 0 Å². The van der Waals surface area contributed by atoms with E-state index in [1.54, 1.807) is 10.6 Å². The molecule has 0 N–H and O–H groups in total. The molecule has 1 aliphatic rings. The monoisotopic (exact) mass is 357 g/mol. The first-order valence-corrected chi connectivity index (χ1v) is 6.91. The van der Waals surface area contributed by atoms with Gasteiger partial charge in [0.25, 0.3) is 5.56 Å². The summed E-state index contributed by atoms with van der Waals surface area (Å²) in [6, 6.07) is 5.40. The molecule has 5 heteroatoms. The molecule has 0 saturated heterocycles. The molecule has 3 rings (SSSR count). The van der Waals surface area contributed by atoms with Crippen LogP contribution in [-0.4, -0.2) is 11.2 Å². The maximum atomic E-state index is 11.9. The first-order chi connectivity index (χ1) is 8.18. The molecule has 1 aromatic carbocycles. The normalized spacial score (nSPS) is 14.5. The molecule has 0 atom stereocenters. The Morgan fingerprint density at radius 1 is 1.24 bits per heavy atom. The van der Waals surface area contributed by atoms with E-state index in [1.807, 2.05) is 12.1 Å². The molecule has 0 radical (unpaired) electrons. The summed E-state index contributed by atoms with van der Waals surface area (Å²) < 4.78 is 9.35. The quantitative estimate of drug-likeness (QED) is 0.723. The molecule has 17 heavy (non-hydrogen) atoms. The van der Waals surface area contributed by atoms with E-state index in [2.05, 4.69) is 31.9 Å². The molecule has 0 amide bonds.